The number of rotatable bonds is 2. The van der Waals surface area contributed by atoms with E-state index in [0.717, 1.165) is 6.07 Å². The molecule has 102 valence electrons. The highest BCUT2D eigenvalue weighted by Gasteiger charge is 2.32. The molecule has 0 atom stereocenters. The maximum absolute atomic E-state index is 12.8. The number of nitriles is 1. The number of benzene rings is 1. The van der Waals surface area contributed by atoms with Crippen molar-refractivity contribution >= 4 is 11.5 Å². The summed E-state index contributed by atoms with van der Waals surface area (Å²) in [5, 5.41) is 11.5. The van der Waals surface area contributed by atoms with Crippen LogP contribution in [-0.2, 0) is 6.18 Å². The molecule has 1 heterocycles. The van der Waals surface area contributed by atoms with E-state index in [1.165, 1.54) is 25.1 Å². The van der Waals surface area contributed by atoms with Crippen molar-refractivity contribution in [3.63, 3.8) is 0 Å². The van der Waals surface area contributed by atoms with Gasteiger partial charge in [-0.1, -0.05) is 12.1 Å². The lowest BCUT2D eigenvalue weighted by atomic mass is 10.1. The fourth-order valence-electron chi connectivity index (χ4n) is 1.72. The first-order valence-electron chi connectivity index (χ1n) is 5.72. The van der Waals surface area contributed by atoms with Crippen molar-refractivity contribution in [2.75, 3.05) is 5.32 Å². The summed E-state index contributed by atoms with van der Waals surface area (Å²) in [6.45, 7) is 1.40. The number of aryl methyl sites for hydroxylation is 1. The van der Waals surface area contributed by atoms with Crippen LogP contribution in [0.4, 0.5) is 24.7 Å². The van der Waals surface area contributed by atoms with Gasteiger partial charge in [-0.2, -0.15) is 18.4 Å². The Labute approximate surface area is 113 Å². The molecule has 0 aliphatic rings. The number of aromatic nitrogens is 1. The zero-order valence-corrected chi connectivity index (χ0v) is 10.5. The highest BCUT2D eigenvalue weighted by molar-refractivity contribution is 5.59. The first-order chi connectivity index (χ1) is 9.40. The predicted molar refractivity (Wildman–Crippen MR) is 68.4 cm³/mol. The largest absolute Gasteiger partial charge is 0.416 e. The van der Waals surface area contributed by atoms with Crippen LogP contribution in [0.2, 0.25) is 0 Å². The van der Waals surface area contributed by atoms with E-state index in [1.807, 2.05) is 6.07 Å². The van der Waals surface area contributed by atoms with Crippen LogP contribution < -0.4 is 5.32 Å². The quantitative estimate of drug-likeness (QED) is 0.901. The third-order valence-corrected chi connectivity index (χ3v) is 2.68. The lowest BCUT2D eigenvalue weighted by Gasteiger charge is -2.13. The van der Waals surface area contributed by atoms with Crippen molar-refractivity contribution in [3.05, 3.63) is 53.2 Å². The normalized spacial score (nSPS) is 10.9. The Morgan fingerprint density at radius 1 is 1.20 bits per heavy atom. The topological polar surface area (TPSA) is 48.7 Å². The molecule has 0 radical (unpaired) electrons. The predicted octanol–water partition coefficient (Wildman–Crippen LogP) is 4.02. The first kappa shape index (κ1) is 13.9. The minimum Gasteiger partial charge on any atom is -0.340 e. The summed E-state index contributed by atoms with van der Waals surface area (Å²) in [6, 6.07) is 10.5. The molecule has 0 aliphatic carbocycles. The summed E-state index contributed by atoms with van der Waals surface area (Å²) in [4.78, 5) is 3.95. The van der Waals surface area contributed by atoms with Gasteiger partial charge in [0, 0.05) is 5.69 Å². The van der Waals surface area contributed by atoms with Crippen molar-refractivity contribution in [1.82, 2.24) is 4.98 Å². The number of nitrogens with one attached hydrogen (secondary N) is 1. The summed E-state index contributed by atoms with van der Waals surface area (Å²) in [6.07, 6.45) is -4.40. The molecule has 0 unspecified atom stereocenters. The molecule has 2 aromatic rings. The zero-order chi connectivity index (χ0) is 14.8. The number of anilines is 2. The van der Waals surface area contributed by atoms with Crippen LogP contribution >= 0.6 is 0 Å². The minimum absolute atomic E-state index is 0.154. The fourth-order valence-corrected chi connectivity index (χ4v) is 1.72. The molecule has 1 aromatic carbocycles. The van der Waals surface area contributed by atoms with Gasteiger partial charge >= 0.3 is 6.18 Å². The van der Waals surface area contributed by atoms with Crippen LogP contribution in [0.1, 0.15) is 16.8 Å². The molecule has 0 bridgehead atoms. The second-order valence-electron chi connectivity index (χ2n) is 4.17. The van der Waals surface area contributed by atoms with E-state index in [2.05, 4.69) is 10.3 Å². The molecule has 20 heavy (non-hydrogen) atoms. The van der Waals surface area contributed by atoms with Crippen LogP contribution in [0.25, 0.3) is 0 Å². The number of hydrogen-bond acceptors (Lipinski definition) is 3. The molecule has 0 aliphatic heterocycles. The Morgan fingerprint density at radius 2 is 1.95 bits per heavy atom. The summed E-state index contributed by atoms with van der Waals surface area (Å²) in [7, 11) is 0. The van der Waals surface area contributed by atoms with E-state index in [1.54, 1.807) is 12.1 Å². The van der Waals surface area contributed by atoms with Gasteiger partial charge in [0.2, 0.25) is 0 Å². The lowest BCUT2D eigenvalue weighted by molar-refractivity contribution is -0.138. The summed E-state index contributed by atoms with van der Waals surface area (Å²) >= 11 is 0. The number of hydrogen-bond donors (Lipinski definition) is 1. The van der Waals surface area contributed by atoms with Gasteiger partial charge in [0.25, 0.3) is 0 Å². The van der Waals surface area contributed by atoms with E-state index >= 15 is 0 Å². The van der Waals surface area contributed by atoms with E-state index in [9.17, 15) is 13.2 Å². The Kier molecular flexibility index (Phi) is 3.61. The molecular weight excluding hydrogens is 267 g/mol. The van der Waals surface area contributed by atoms with Gasteiger partial charge in [-0.05, 0) is 36.8 Å². The Balaban J connectivity index is 2.33. The van der Waals surface area contributed by atoms with Crippen LogP contribution in [0.15, 0.2) is 36.4 Å². The van der Waals surface area contributed by atoms with E-state index in [4.69, 9.17) is 5.26 Å². The number of alkyl halides is 3. The summed E-state index contributed by atoms with van der Waals surface area (Å²) < 4.78 is 38.4. The van der Waals surface area contributed by atoms with E-state index in [0.29, 0.717) is 5.82 Å². The average Bonchev–Trinajstić information content (AvgIpc) is 2.40. The van der Waals surface area contributed by atoms with Crippen LogP contribution in [-0.4, -0.2) is 4.98 Å². The molecule has 6 heteroatoms. The average molecular weight is 277 g/mol. The monoisotopic (exact) mass is 277 g/mol. The molecule has 0 saturated heterocycles. The third-order valence-electron chi connectivity index (χ3n) is 2.68. The van der Waals surface area contributed by atoms with Crippen LogP contribution in [0.3, 0.4) is 0 Å². The maximum atomic E-state index is 12.8. The third kappa shape index (κ3) is 3.06. The molecule has 0 amide bonds. The Bertz CT molecular complexity index is 672. The van der Waals surface area contributed by atoms with Crippen molar-refractivity contribution in [1.29, 1.82) is 5.26 Å². The van der Waals surface area contributed by atoms with Crippen molar-refractivity contribution in [2.24, 2.45) is 0 Å². The molecule has 1 N–H and O–H groups in total. The molecule has 3 nitrogen and oxygen atoms in total. The van der Waals surface area contributed by atoms with Gasteiger partial charge in [0.1, 0.15) is 17.6 Å². The molecule has 0 saturated carbocycles. The van der Waals surface area contributed by atoms with Gasteiger partial charge in [0.05, 0.1) is 5.56 Å². The Hall–Kier alpha value is -2.55. The number of halogens is 3. The minimum atomic E-state index is -4.40. The second kappa shape index (κ2) is 5.21. The highest BCUT2D eigenvalue weighted by Crippen LogP contribution is 2.33. The molecule has 1 aromatic heterocycles. The second-order valence-corrected chi connectivity index (χ2v) is 4.17. The SMILES string of the molecule is Cc1ccc(Nc2cccc(C#N)n2)cc1C(F)(F)F. The molecule has 0 fully saturated rings. The van der Waals surface area contributed by atoms with Crippen molar-refractivity contribution in [3.8, 4) is 6.07 Å². The molecule has 0 spiro atoms. The van der Waals surface area contributed by atoms with Gasteiger partial charge in [-0.25, -0.2) is 4.98 Å². The van der Waals surface area contributed by atoms with Gasteiger partial charge in [-0.15, -0.1) is 0 Å². The summed E-state index contributed by atoms with van der Waals surface area (Å²) in [5.41, 5.74) is -0.0793. The fraction of sp³-hybridized carbons (Fsp3) is 0.143. The number of nitrogens with zero attached hydrogens (tertiary/aromatic N) is 2. The van der Waals surface area contributed by atoms with Gasteiger partial charge in [0.15, 0.2) is 0 Å². The van der Waals surface area contributed by atoms with Gasteiger partial charge < -0.3 is 5.32 Å². The summed E-state index contributed by atoms with van der Waals surface area (Å²) in [5.74, 6) is 0.320. The van der Waals surface area contributed by atoms with Crippen LogP contribution in [0, 0.1) is 18.3 Å². The van der Waals surface area contributed by atoms with Gasteiger partial charge in [-0.3, -0.25) is 0 Å². The van der Waals surface area contributed by atoms with Crippen LogP contribution in [0.5, 0.6) is 0 Å². The van der Waals surface area contributed by atoms with Crippen molar-refractivity contribution in [2.45, 2.75) is 13.1 Å². The maximum Gasteiger partial charge on any atom is 0.416 e. The molecular formula is C14H10F3N3. The lowest BCUT2D eigenvalue weighted by Crippen LogP contribution is -2.08. The molecule has 2 rings (SSSR count). The standard InChI is InChI=1S/C14H10F3N3/c1-9-5-6-10(7-12(9)14(15,16)17)19-13-4-2-3-11(8-18)20-13/h2-7H,1H3,(H,19,20). The Morgan fingerprint density at radius 3 is 2.60 bits per heavy atom. The zero-order valence-electron chi connectivity index (χ0n) is 10.5. The van der Waals surface area contributed by atoms with Crippen molar-refractivity contribution < 1.29 is 13.2 Å². The van der Waals surface area contributed by atoms with E-state index in [-0.39, 0.29) is 16.9 Å². The first-order valence-corrected chi connectivity index (χ1v) is 5.72. The number of pyridine rings is 1. The highest BCUT2D eigenvalue weighted by atomic mass is 19.4. The smallest absolute Gasteiger partial charge is 0.340 e. The van der Waals surface area contributed by atoms with E-state index < -0.39 is 11.7 Å².